The van der Waals surface area contributed by atoms with Gasteiger partial charge in [-0.3, -0.25) is 9.98 Å². The molecule has 1 fully saturated rings. The summed E-state index contributed by atoms with van der Waals surface area (Å²) in [6.07, 6.45) is 4.50. The Hall–Kier alpha value is -2.96. The molecule has 1 saturated heterocycles. The number of hydrogen-bond donors (Lipinski definition) is 1. The largest absolute Gasteiger partial charge is 0.497 e. The van der Waals surface area contributed by atoms with Crippen LogP contribution < -0.4 is 19.5 Å². The highest BCUT2D eigenvalue weighted by Gasteiger charge is 2.26. The van der Waals surface area contributed by atoms with Gasteiger partial charge < -0.3 is 24.4 Å². The van der Waals surface area contributed by atoms with Crippen molar-refractivity contribution in [2.75, 3.05) is 47.5 Å². The Bertz CT molecular complexity index is 760. The van der Waals surface area contributed by atoms with Crippen LogP contribution in [-0.2, 0) is 0 Å². The first-order chi connectivity index (χ1) is 13.7. The van der Waals surface area contributed by atoms with E-state index in [4.69, 9.17) is 14.2 Å². The minimum Gasteiger partial charge on any atom is -0.497 e. The zero-order valence-corrected chi connectivity index (χ0v) is 16.7. The number of nitrogens with zero attached hydrogens (tertiary/aromatic N) is 3. The van der Waals surface area contributed by atoms with Crippen LogP contribution >= 0.6 is 0 Å². The molecular formula is C21H28N4O3. The van der Waals surface area contributed by atoms with E-state index in [2.05, 4.69) is 32.3 Å². The van der Waals surface area contributed by atoms with Gasteiger partial charge in [-0.2, -0.15) is 0 Å². The molecule has 0 spiro atoms. The zero-order chi connectivity index (χ0) is 19.8. The minimum absolute atomic E-state index is 0.411. The number of aromatic nitrogens is 1. The Balaban J connectivity index is 1.53. The number of likely N-dealkylation sites (tertiary alicyclic amines) is 1. The molecule has 1 unspecified atom stereocenters. The molecule has 150 valence electrons. The van der Waals surface area contributed by atoms with Crippen LogP contribution in [0.2, 0.25) is 0 Å². The molecule has 7 heteroatoms. The first-order valence-electron chi connectivity index (χ1n) is 9.45. The predicted molar refractivity (Wildman–Crippen MR) is 110 cm³/mol. The lowest BCUT2D eigenvalue weighted by atomic mass is 9.98. The smallest absolute Gasteiger partial charge is 0.193 e. The SMILES string of the molecule is CN=C(NCCOc1cccnc1)N1CCC(c2cc(OC)cc(OC)c2)C1. The molecular weight excluding hydrogens is 356 g/mol. The Morgan fingerprint density at radius 1 is 1.21 bits per heavy atom. The number of nitrogens with one attached hydrogen (secondary N) is 1. The highest BCUT2D eigenvalue weighted by Crippen LogP contribution is 2.32. The highest BCUT2D eigenvalue weighted by atomic mass is 16.5. The third-order valence-corrected chi connectivity index (χ3v) is 4.83. The van der Waals surface area contributed by atoms with Crippen molar-refractivity contribution in [3.05, 3.63) is 48.3 Å². The molecule has 3 rings (SSSR count). The Morgan fingerprint density at radius 3 is 2.64 bits per heavy atom. The van der Waals surface area contributed by atoms with E-state index in [1.807, 2.05) is 25.2 Å². The number of benzene rings is 1. The van der Waals surface area contributed by atoms with Crippen LogP contribution in [0.3, 0.4) is 0 Å². The Kier molecular flexibility index (Phi) is 6.94. The van der Waals surface area contributed by atoms with Gasteiger partial charge in [0.15, 0.2) is 5.96 Å². The lowest BCUT2D eigenvalue weighted by molar-refractivity contribution is 0.318. The summed E-state index contributed by atoms with van der Waals surface area (Å²) in [6.45, 7) is 3.08. The number of guanidine groups is 1. The summed E-state index contributed by atoms with van der Waals surface area (Å²) in [5.41, 5.74) is 1.23. The molecule has 1 aliphatic rings. The molecule has 0 aliphatic carbocycles. The summed E-state index contributed by atoms with van der Waals surface area (Å²) in [6, 6.07) is 9.84. The van der Waals surface area contributed by atoms with Crippen molar-refractivity contribution < 1.29 is 14.2 Å². The van der Waals surface area contributed by atoms with Gasteiger partial charge in [0, 0.05) is 38.3 Å². The molecule has 0 saturated carbocycles. The third-order valence-electron chi connectivity index (χ3n) is 4.83. The molecule has 28 heavy (non-hydrogen) atoms. The fraction of sp³-hybridized carbons (Fsp3) is 0.429. The van der Waals surface area contributed by atoms with Gasteiger partial charge in [-0.25, -0.2) is 0 Å². The number of aliphatic imine (C=N–C) groups is 1. The van der Waals surface area contributed by atoms with E-state index in [-0.39, 0.29) is 0 Å². The Morgan fingerprint density at radius 2 is 2.00 bits per heavy atom. The number of ether oxygens (including phenoxy) is 3. The summed E-state index contributed by atoms with van der Waals surface area (Å²) in [4.78, 5) is 10.7. The minimum atomic E-state index is 0.411. The molecule has 2 heterocycles. The zero-order valence-electron chi connectivity index (χ0n) is 16.7. The molecule has 0 radical (unpaired) electrons. The third kappa shape index (κ3) is 5.06. The van der Waals surface area contributed by atoms with E-state index in [9.17, 15) is 0 Å². The van der Waals surface area contributed by atoms with Gasteiger partial charge >= 0.3 is 0 Å². The summed E-state index contributed by atoms with van der Waals surface area (Å²) < 4.78 is 16.5. The summed E-state index contributed by atoms with van der Waals surface area (Å²) in [7, 11) is 5.17. The first-order valence-corrected chi connectivity index (χ1v) is 9.45. The van der Waals surface area contributed by atoms with Crippen molar-refractivity contribution >= 4 is 5.96 Å². The molecule has 1 atom stereocenters. The van der Waals surface area contributed by atoms with Gasteiger partial charge in [-0.05, 0) is 36.2 Å². The fourth-order valence-corrected chi connectivity index (χ4v) is 3.39. The van der Waals surface area contributed by atoms with Gasteiger partial charge in [0.1, 0.15) is 23.9 Å². The van der Waals surface area contributed by atoms with Gasteiger partial charge in [0.25, 0.3) is 0 Å². The lowest BCUT2D eigenvalue weighted by Gasteiger charge is -2.22. The van der Waals surface area contributed by atoms with Crippen molar-refractivity contribution in [2.24, 2.45) is 4.99 Å². The van der Waals surface area contributed by atoms with Crippen LogP contribution in [0.25, 0.3) is 0 Å². The molecule has 1 aromatic heterocycles. The molecule has 7 nitrogen and oxygen atoms in total. The van der Waals surface area contributed by atoms with Crippen molar-refractivity contribution in [1.29, 1.82) is 0 Å². The summed E-state index contributed by atoms with van der Waals surface area (Å²) in [5.74, 6) is 3.72. The van der Waals surface area contributed by atoms with Crippen molar-refractivity contribution in [3.8, 4) is 17.2 Å². The van der Waals surface area contributed by atoms with Crippen molar-refractivity contribution in [3.63, 3.8) is 0 Å². The van der Waals surface area contributed by atoms with E-state index < -0.39 is 0 Å². The lowest BCUT2D eigenvalue weighted by Crippen LogP contribution is -2.41. The van der Waals surface area contributed by atoms with Crippen LogP contribution in [0.15, 0.2) is 47.7 Å². The molecule has 2 aromatic rings. The maximum Gasteiger partial charge on any atom is 0.193 e. The van der Waals surface area contributed by atoms with Gasteiger partial charge in [-0.15, -0.1) is 0 Å². The molecule has 0 bridgehead atoms. The highest BCUT2D eigenvalue weighted by molar-refractivity contribution is 5.80. The van der Waals surface area contributed by atoms with Crippen LogP contribution in [0, 0.1) is 0 Å². The normalized spacial score (nSPS) is 16.8. The monoisotopic (exact) mass is 384 g/mol. The van der Waals surface area contributed by atoms with Crippen molar-refractivity contribution in [2.45, 2.75) is 12.3 Å². The van der Waals surface area contributed by atoms with Crippen LogP contribution in [0.1, 0.15) is 17.9 Å². The maximum absolute atomic E-state index is 5.68. The predicted octanol–water partition coefficient (Wildman–Crippen LogP) is 2.54. The van der Waals surface area contributed by atoms with Crippen molar-refractivity contribution in [1.82, 2.24) is 15.2 Å². The van der Waals surface area contributed by atoms with Gasteiger partial charge in [-0.1, -0.05) is 0 Å². The quantitative estimate of drug-likeness (QED) is 0.450. The fourth-order valence-electron chi connectivity index (χ4n) is 3.39. The van der Waals surface area contributed by atoms with Gasteiger partial charge in [0.05, 0.1) is 27.0 Å². The standard InChI is InChI=1S/C21H28N4O3/c1-22-21(24-8-10-28-18-5-4-7-23-14-18)25-9-6-16(15-25)17-11-19(26-2)13-20(12-17)27-3/h4-5,7,11-14,16H,6,8-10,15H2,1-3H3,(H,22,24). The second-order valence-corrected chi connectivity index (χ2v) is 6.59. The first kappa shape index (κ1) is 19.8. The summed E-state index contributed by atoms with van der Waals surface area (Å²) in [5, 5.41) is 3.38. The van der Waals surface area contributed by atoms with E-state index in [1.165, 1.54) is 5.56 Å². The number of hydrogen-bond acceptors (Lipinski definition) is 5. The number of rotatable bonds is 7. The van der Waals surface area contributed by atoms with Gasteiger partial charge in [0.2, 0.25) is 0 Å². The van der Waals surface area contributed by atoms with Crippen LogP contribution in [0.4, 0.5) is 0 Å². The van der Waals surface area contributed by atoms with E-state index in [0.29, 0.717) is 19.1 Å². The maximum atomic E-state index is 5.68. The number of methoxy groups -OCH3 is 2. The summed E-state index contributed by atoms with van der Waals surface area (Å²) >= 11 is 0. The molecule has 1 aliphatic heterocycles. The molecule has 1 N–H and O–H groups in total. The average Bonchev–Trinajstić information content (AvgIpc) is 3.24. The van der Waals surface area contributed by atoms with Crippen LogP contribution in [0.5, 0.6) is 17.2 Å². The van der Waals surface area contributed by atoms with E-state index >= 15 is 0 Å². The molecule has 1 aromatic carbocycles. The van der Waals surface area contributed by atoms with E-state index in [0.717, 1.165) is 42.7 Å². The number of pyridine rings is 1. The van der Waals surface area contributed by atoms with Crippen LogP contribution in [-0.4, -0.2) is 63.4 Å². The topological polar surface area (TPSA) is 68.2 Å². The van der Waals surface area contributed by atoms with E-state index in [1.54, 1.807) is 26.6 Å². The second kappa shape index (κ2) is 9.82. The Labute approximate surface area is 166 Å². The average molecular weight is 384 g/mol. The second-order valence-electron chi connectivity index (χ2n) is 6.59. The molecule has 0 amide bonds.